The molecule has 0 bridgehead atoms. The van der Waals surface area contributed by atoms with Crippen LogP contribution >= 0.6 is 23.2 Å². The molecule has 0 atom stereocenters. The number of aryl methyl sites for hydroxylation is 2. The summed E-state index contributed by atoms with van der Waals surface area (Å²) < 4.78 is 35.6. The van der Waals surface area contributed by atoms with Crippen molar-refractivity contribution in [3.63, 3.8) is 0 Å². The van der Waals surface area contributed by atoms with Crippen molar-refractivity contribution in [2.24, 2.45) is 0 Å². The van der Waals surface area contributed by atoms with Crippen LogP contribution in [0.3, 0.4) is 0 Å². The Morgan fingerprint density at radius 1 is 0.846 bits per heavy atom. The molecule has 6 nitrogen and oxygen atoms in total. The van der Waals surface area contributed by atoms with Crippen molar-refractivity contribution < 1.29 is 22.1 Å². The fraction of sp³-hybridized carbons (Fsp3) is 0.167. The first-order valence-corrected chi connectivity index (χ1v) is 14.4. The van der Waals surface area contributed by atoms with Crippen LogP contribution in [0.4, 0.5) is 11.4 Å². The summed E-state index contributed by atoms with van der Waals surface area (Å²) >= 11 is 12.5. The van der Waals surface area contributed by atoms with Gasteiger partial charge in [-0.25, -0.2) is 0 Å². The third-order valence-electron chi connectivity index (χ3n) is 5.89. The van der Waals surface area contributed by atoms with E-state index >= 15 is 0 Å². The van der Waals surface area contributed by atoms with E-state index < -0.39 is 10.1 Å². The van der Waals surface area contributed by atoms with Crippen LogP contribution in [-0.2, 0) is 32.5 Å². The smallest absolute Gasteiger partial charge is 0.339 e. The molecule has 0 unspecified atom stereocenters. The summed E-state index contributed by atoms with van der Waals surface area (Å²) in [4.78, 5) is 12.6. The van der Waals surface area contributed by atoms with Gasteiger partial charge in [0.1, 0.15) is 10.6 Å². The molecule has 1 N–H and O–H groups in total. The minimum Gasteiger partial charge on any atom is -0.465 e. The minimum absolute atomic E-state index is 0.0900. The number of hydrogen-bond donors (Lipinski definition) is 1. The van der Waals surface area contributed by atoms with Crippen LogP contribution in [0, 0.1) is 6.92 Å². The number of nitrogens with one attached hydrogen (secondary N) is 1. The van der Waals surface area contributed by atoms with Crippen molar-refractivity contribution in [3.8, 4) is 5.75 Å². The monoisotopic (exact) mass is 583 g/mol. The highest BCUT2D eigenvalue weighted by Gasteiger charge is 2.16. The van der Waals surface area contributed by atoms with Gasteiger partial charge in [0.25, 0.3) is 0 Å². The van der Waals surface area contributed by atoms with E-state index in [1.54, 1.807) is 54.6 Å². The predicted octanol–water partition coefficient (Wildman–Crippen LogP) is 7.53. The highest BCUT2D eigenvalue weighted by atomic mass is 35.5. The lowest BCUT2D eigenvalue weighted by Crippen LogP contribution is -2.11. The Hall–Kier alpha value is -3.52. The first-order chi connectivity index (χ1) is 18.7. The summed E-state index contributed by atoms with van der Waals surface area (Å²) in [5.41, 5.74) is 3.98. The van der Waals surface area contributed by atoms with Crippen molar-refractivity contribution in [1.29, 1.82) is 0 Å². The van der Waals surface area contributed by atoms with Gasteiger partial charge in [-0.1, -0.05) is 77.3 Å². The van der Waals surface area contributed by atoms with E-state index in [4.69, 9.17) is 32.1 Å². The Bertz CT molecular complexity index is 1520. The zero-order valence-corrected chi connectivity index (χ0v) is 23.5. The molecule has 0 heterocycles. The second kappa shape index (κ2) is 13.0. The predicted molar refractivity (Wildman–Crippen MR) is 155 cm³/mol. The van der Waals surface area contributed by atoms with E-state index in [2.05, 4.69) is 5.32 Å². The van der Waals surface area contributed by atoms with E-state index in [9.17, 15) is 13.2 Å². The Balaban J connectivity index is 1.25. The number of carbonyl (C=O) groups is 1. The molecule has 0 saturated carbocycles. The third kappa shape index (κ3) is 7.99. The number of rotatable bonds is 11. The van der Waals surface area contributed by atoms with Gasteiger partial charge in [0.2, 0.25) is 0 Å². The number of hydrogen-bond acceptors (Lipinski definition) is 6. The molecule has 0 aliphatic rings. The molecule has 0 amide bonds. The van der Waals surface area contributed by atoms with Gasteiger partial charge in [-0.05, 0) is 73.4 Å². The van der Waals surface area contributed by atoms with E-state index in [1.807, 2.05) is 31.2 Å². The number of halogens is 2. The molecule has 9 heteroatoms. The lowest BCUT2D eigenvalue weighted by atomic mass is 10.1. The maximum absolute atomic E-state index is 12.5. The summed E-state index contributed by atoms with van der Waals surface area (Å²) in [7, 11) is -3.90. The van der Waals surface area contributed by atoms with Crippen molar-refractivity contribution in [2.45, 2.75) is 31.1 Å². The average Bonchev–Trinajstić information content (AvgIpc) is 2.91. The van der Waals surface area contributed by atoms with Crippen molar-refractivity contribution in [3.05, 3.63) is 118 Å². The summed E-state index contributed by atoms with van der Waals surface area (Å²) in [6.45, 7) is 2.14. The van der Waals surface area contributed by atoms with Gasteiger partial charge in [0.15, 0.2) is 0 Å². The highest BCUT2D eigenvalue weighted by Crippen LogP contribution is 2.33. The van der Waals surface area contributed by atoms with Crippen LogP contribution in [0.2, 0.25) is 10.0 Å². The average molecular weight is 585 g/mol. The molecule has 0 saturated heterocycles. The molecule has 202 valence electrons. The Kier molecular flexibility index (Phi) is 9.51. The topological polar surface area (TPSA) is 81.7 Å². The van der Waals surface area contributed by atoms with Crippen molar-refractivity contribution in [1.82, 2.24) is 0 Å². The van der Waals surface area contributed by atoms with Crippen molar-refractivity contribution in [2.75, 3.05) is 11.9 Å². The van der Waals surface area contributed by atoms with Crippen LogP contribution in [0.1, 0.15) is 23.1 Å². The van der Waals surface area contributed by atoms with Crippen LogP contribution in [-0.4, -0.2) is 21.0 Å². The first kappa shape index (κ1) is 28.5. The van der Waals surface area contributed by atoms with Crippen LogP contribution in [0.25, 0.3) is 0 Å². The van der Waals surface area contributed by atoms with Crippen molar-refractivity contribution >= 4 is 50.7 Å². The van der Waals surface area contributed by atoms with Crippen LogP contribution in [0.5, 0.6) is 5.75 Å². The maximum Gasteiger partial charge on any atom is 0.339 e. The molecule has 4 rings (SSSR count). The van der Waals surface area contributed by atoms with Gasteiger partial charge in [-0.15, -0.1) is 0 Å². The zero-order chi connectivity index (χ0) is 27.8. The highest BCUT2D eigenvalue weighted by molar-refractivity contribution is 7.87. The normalized spacial score (nSPS) is 11.2. The van der Waals surface area contributed by atoms with Crippen LogP contribution < -0.4 is 9.50 Å². The van der Waals surface area contributed by atoms with E-state index in [1.165, 1.54) is 12.1 Å². The molecular weight excluding hydrogens is 557 g/mol. The molecule has 4 aromatic carbocycles. The first-order valence-electron chi connectivity index (χ1n) is 12.3. The van der Waals surface area contributed by atoms with E-state index in [0.29, 0.717) is 28.6 Å². The lowest BCUT2D eigenvalue weighted by molar-refractivity contribution is -0.142. The fourth-order valence-corrected chi connectivity index (χ4v) is 5.23. The SMILES string of the molecule is Cc1ccc(S(=O)(=O)Oc2ccc(CCCOC(=O)Cc3ccccc3Nc3c(Cl)cccc3Cl)cc2)cc1. The summed E-state index contributed by atoms with van der Waals surface area (Å²) in [6.07, 6.45) is 1.36. The summed E-state index contributed by atoms with van der Waals surface area (Å²) in [5.74, 6) is -0.115. The number of esters is 1. The molecule has 0 fully saturated rings. The molecule has 39 heavy (non-hydrogen) atoms. The van der Waals surface area contributed by atoms with Gasteiger partial charge >= 0.3 is 16.1 Å². The number of ether oxygens (including phenoxy) is 1. The van der Waals surface area contributed by atoms with E-state index in [-0.39, 0.29) is 29.6 Å². The summed E-state index contributed by atoms with van der Waals surface area (Å²) in [5, 5.41) is 4.17. The molecule has 0 aliphatic carbocycles. The second-order valence-corrected chi connectivity index (χ2v) is 11.2. The Labute approximate surface area is 238 Å². The minimum atomic E-state index is -3.90. The summed E-state index contributed by atoms with van der Waals surface area (Å²) in [6, 6.07) is 25.9. The standard InChI is InChI=1S/C30H27Cl2NO5S/c1-21-11-17-25(18-12-21)39(35,36)38-24-15-13-22(14-16-24)6-5-19-37-29(34)20-23-7-2-3-10-28(23)33-30-26(31)8-4-9-27(30)32/h2-4,7-18,33H,5-6,19-20H2,1H3. The van der Waals surface area contributed by atoms with Gasteiger partial charge in [0, 0.05) is 5.69 Å². The molecular formula is C30H27Cl2NO5S. The molecule has 0 spiro atoms. The Morgan fingerprint density at radius 2 is 1.51 bits per heavy atom. The zero-order valence-electron chi connectivity index (χ0n) is 21.2. The number of para-hydroxylation sites is 2. The Morgan fingerprint density at radius 3 is 2.21 bits per heavy atom. The van der Waals surface area contributed by atoms with Crippen LogP contribution in [0.15, 0.2) is 95.9 Å². The number of anilines is 2. The van der Waals surface area contributed by atoms with Gasteiger partial charge in [-0.3, -0.25) is 4.79 Å². The molecule has 4 aromatic rings. The molecule has 0 radical (unpaired) electrons. The third-order valence-corrected chi connectivity index (χ3v) is 7.78. The van der Waals surface area contributed by atoms with E-state index in [0.717, 1.165) is 22.4 Å². The molecule has 0 aliphatic heterocycles. The largest absolute Gasteiger partial charge is 0.465 e. The number of carbonyl (C=O) groups excluding carboxylic acids is 1. The van der Waals surface area contributed by atoms with Gasteiger partial charge in [0.05, 0.1) is 28.8 Å². The fourth-order valence-electron chi connectivity index (χ4n) is 3.81. The van der Waals surface area contributed by atoms with Gasteiger partial charge < -0.3 is 14.2 Å². The quantitative estimate of drug-likeness (QED) is 0.112. The second-order valence-electron chi connectivity index (χ2n) is 8.87. The lowest BCUT2D eigenvalue weighted by Gasteiger charge is -2.14. The molecule has 0 aromatic heterocycles. The number of benzene rings is 4. The maximum atomic E-state index is 12.5. The van der Waals surface area contributed by atoms with Gasteiger partial charge in [-0.2, -0.15) is 8.42 Å².